The highest BCUT2D eigenvalue weighted by Crippen LogP contribution is 2.25. The molecule has 1 aliphatic rings. The molecule has 7 nitrogen and oxygen atoms in total. The van der Waals surface area contributed by atoms with Gasteiger partial charge in [-0.1, -0.05) is 30.4 Å². The maximum absolute atomic E-state index is 12.9. The maximum atomic E-state index is 12.9. The molecule has 1 aromatic heterocycles. The number of rotatable bonds is 7. The van der Waals surface area contributed by atoms with Crippen molar-refractivity contribution in [3.05, 3.63) is 96.3 Å². The third kappa shape index (κ3) is 5.92. The summed E-state index contributed by atoms with van der Waals surface area (Å²) in [5, 5.41) is 8.51. The Morgan fingerprint density at radius 2 is 1.61 bits per heavy atom. The molecule has 3 aromatic rings. The number of para-hydroxylation sites is 2. The van der Waals surface area contributed by atoms with Crippen molar-refractivity contribution >= 4 is 34.8 Å². The first kappa shape index (κ1) is 22.0. The second-order valence-corrected chi connectivity index (χ2v) is 7.79. The Bertz CT molecular complexity index is 1190. The summed E-state index contributed by atoms with van der Waals surface area (Å²) < 4.78 is 0. The Balaban J connectivity index is 1.42. The summed E-state index contributed by atoms with van der Waals surface area (Å²) in [5.41, 5.74) is 2.32. The SMILES string of the molecule is O=C(CC1C=CCC1)Nc1ccccc1NC(=O)c1cccc(NC(=O)c2cccnc2)c1. The summed E-state index contributed by atoms with van der Waals surface area (Å²) in [6.45, 7) is 0. The number of hydrogen-bond acceptors (Lipinski definition) is 4. The molecule has 0 saturated carbocycles. The number of benzene rings is 2. The Labute approximate surface area is 191 Å². The molecular formula is C26H24N4O3. The molecule has 3 amide bonds. The third-order valence-electron chi connectivity index (χ3n) is 5.32. The Kier molecular flexibility index (Phi) is 6.90. The van der Waals surface area contributed by atoms with E-state index in [2.05, 4.69) is 33.1 Å². The van der Waals surface area contributed by atoms with Gasteiger partial charge in [-0.3, -0.25) is 19.4 Å². The summed E-state index contributed by atoms with van der Waals surface area (Å²) in [7, 11) is 0. The van der Waals surface area contributed by atoms with Gasteiger partial charge >= 0.3 is 0 Å². The zero-order valence-electron chi connectivity index (χ0n) is 18.0. The largest absolute Gasteiger partial charge is 0.324 e. The highest BCUT2D eigenvalue weighted by Gasteiger charge is 2.16. The molecule has 1 heterocycles. The summed E-state index contributed by atoms with van der Waals surface area (Å²) in [6.07, 6.45) is 9.64. The molecule has 0 aliphatic heterocycles. The number of nitrogens with zero attached hydrogens (tertiary/aromatic N) is 1. The van der Waals surface area contributed by atoms with Crippen LogP contribution < -0.4 is 16.0 Å². The standard InChI is InChI=1S/C26H24N4O3/c31-24(15-18-7-1-2-8-18)29-22-12-3-4-13-23(22)30-25(32)19-9-5-11-21(16-19)28-26(33)20-10-6-14-27-17-20/h1,3-7,9-14,16-18H,2,8,15H2,(H,28,33)(H,29,31)(H,30,32). The number of aromatic nitrogens is 1. The first-order valence-electron chi connectivity index (χ1n) is 10.8. The fourth-order valence-electron chi connectivity index (χ4n) is 3.64. The van der Waals surface area contributed by atoms with Gasteiger partial charge in [-0.25, -0.2) is 0 Å². The summed E-state index contributed by atoms with van der Waals surface area (Å²) in [4.78, 5) is 41.6. The van der Waals surface area contributed by atoms with Crippen LogP contribution >= 0.6 is 0 Å². The fourth-order valence-corrected chi connectivity index (χ4v) is 3.64. The van der Waals surface area contributed by atoms with E-state index in [1.807, 2.05) is 0 Å². The molecule has 1 aliphatic carbocycles. The minimum absolute atomic E-state index is 0.0895. The predicted octanol–water partition coefficient (Wildman–Crippen LogP) is 4.88. The molecular weight excluding hydrogens is 416 g/mol. The second-order valence-electron chi connectivity index (χ2n) is 7.79. The lowest BCUT2D eigenvalue weighted by molar-refractivity contribution is -0.116. The Morgan fingerprint density at radius 1 is 0.848 bits per heavy atom. The van der Waals surface area contributed by atoms with Crippen LogP contribution in [-0.2, 0) is 4.79 Å². The number of hydrogen-bond donors (Lipinski definition) is 3. The molecule has 0 fully saturated rings. The van der Waals surface area contributed by atoms with Gasteiger partial charge in [0, 0.05) is 30.1 Å². The van der Waals surface area contributed by atoms with Gasteiger partial charge in [-0.15, -0.1) is 0 Å². The molecule has 1 unspecified atom stereocenters. The smallest absolute Gasteiger partial charge is 0.257 e. The van der Waals surface area contributed by atoms with Crippen molar-refractivity contribution in [2.45, 2.75) is 19.3 Å². The minimum Gasteiger partial charge on any atom is -0.324 e. The highest BCUT2D eigenvalue weighted by molar-refractivity contribution is 6.09. The number of amides is 3. The summed E-state index contributed by atoms with van der Waals surface area (Å²) in [6, 6.07) is 17.1. The van der Waals surface area contributed by atoms with Gasteiger partial charge in [0.25, 0.3) is 11.8 Å². The van der Waals surface area contributed by atoms with E-state index in [1.54, 1.807) is 66.9 Å². The van der Waals surface area contributed by atoms with Crippen molar-refractivity contribution in [3.8, 4) is 0 Å². The number of carbonyl (C=O) groups is 3. The molecule has 0 radical (unpaired) electrons. The molecule has 4 rings (SSSR count). The van der Waals surface area contributed by atoms with Crippen LogP contribution in [-0.4, -0.2) is 22.7 Å². The van der Waals surface area contributed by atoms with E-state index in [4.69, 9.17) is 0 Å². The molecule has 2 aromatic carbocycles. The molecule has 3 N–H and O–H groups in total. The number of anilines is 3. The van der Waals surface area contributed by atoms with Gasteiger partial charge in [0.1, 0.15) is 0 Å². The number of nitrogens with one attached hydrogen (secondary N) is 3. The van der Waals surface area contributed by atoms with Crippen LogP contribution in [0.1, 0.15) is 40.0 Å². The lowest BCUT2D eigenvalue weighted by atomic mass is 10.0. The van der Waals surface area contributed by atoms with Crippen LogP contribution in [0.3, 0.4) is 0 Å². The van der Waals surface area contributed by atoms with Gasteiger partial charge in [0.15, 0.2) is 0 Å². The molecule has 0 spiro atoms. The molecule has 33 heavy (non-hydrogen) atoms. The highest BCUT2D eigenvalue weighted by atomic mass is 16.2. The lowest BCUT2D eigenvalue weighted by Crippen LogP contribution is -2.18. The molecule has 0 bridgehead atoms. The van der Waals surface area contributed by atoms with E-state index in [0.717, 1.165) is 12.8 Å². The molecule has 1 atom stereocenters. The van der Waals surface area contributed by atoms with Crippen molar-refractivity contribution < 1.29 is 14.4 Å². The number of pyridine rings is 1. The van der Waals surface area contributed by atoms with Crippen molar-refractivity contribution in [1.29, 1.82) is 0 Å². The fraction of sp³-hybridized carbons (Fsp3) is 0.154. The van der Waals surface area contributed by atoms with E-state index < -0.39 is 0 Å². The average molecular weight is 441 g/mol. The van der Waals surface area contributed by atoms with E-state index in [9.17, 15) is 14.4 Å². The van der Waals surface area contributed by atoms with Crippen LogP contribution in [0.2, 0.25) is 0 Å². The Morgan fingerprint density at radius 3 is 2.33 bits per heavy atom. The van der Waals surface area contributed by atoms with Gasteiger partial charge in [0.05, 0.1) is 16.9 Å². The van der Waals surface area contributed by atoms with Crippen LogP contribution in [0.25, 0.3) is 0 Å². The van der Waals surface area contributed by atoms with Crippen LogP contribution in [0, 0.1) is 5.92 Å². The summed E-state index contributed by atoms with van der Waals surface area (Å²) in [5.74, 6) is -0.497. The minimum atomic E-state index is -0.354. The molecule has 0 saturated heterocycles. The average Bonchev–Trinajstić information content (AvgIpc) is 3.34. The van der Waals surface area contributed by atoms with Crippen molar-refractivity contribution in [2.75, 3.05) is 16.0 Å². The number of carbonyl (C=O) groups excluding carboxylic acids is 3. The lowest BCUT2D eigenvalue weighted by Gasteiger charge is -2.14. The summed E-state index contributed by atoms with van der Waals surface area (Å²) >= 11 is 0. The van der Waals surface area contributed by atoms with Crippen molar-refractivity contribution in [3.63, 3.8) is 0 Å². The zero-order valence-corrected chi connectivity index (χ0v) is 18.0. The predicted molar refractivity (Wildman–Crippen MR) is 128 cm³/mol. The van der Waals surface area contributed by atoms with Crippen LogP contribution in [0.5, 0.6) is 0 Å². The van der Waals surface area contributed by atoms with E-state index in [0.29, 0.717) is 34.6 Å². The monoisotopic (exact) mass is 440 g/mol. The Hall–Kier alpha value is -4.26. The van der Waals surface area contributed by atoms with Gasteiger partial charge < -0.3 is 16.0 Å². The van der Waals surface area contributed by atoms with E-state index >= 15 is 0 Å². The van der Waals surface area contributed by atoms with Crippen molar-refractivity contribution in [2.24, 2.45) is 5.92 Å². The van der Waals surface area contributed by atoms with Gasteiger partial charge in [-0.05, 0) is 61.2 Å². The van der Waals surface area contributed by atoms with E-state index in [1.165, 1.54) is 6.20 Å². The molecule has 7 heteroatoms. The zero-order chi connectivity index (χ0) is 23.0. The first-order chi connectivity index (χ1) is 16.1. The second kappa shape index (κ2) is 10.4. The third-order valence-corrected chi connectivity index (χ3v) is 5.32. The first-order valence-corrected chi connectivity index (χ1v) is 10.8. The number of allylic oxidation sites excluding steroid dienone is 2. The van der Waals surface area contributed by atoms with Gasteiger partial charge in [-0.2, -0.15) is 0 Å². The normalized spacial score (nSPS) is 14.5. The van der Waals surface area contributed by atoms with Gasteiger partial charge in [0.2, 0.25) is 5.91 Å². The van der Waals surface area contributed by atoms with Crippen LogP contribution in [0.4, 0.5) is 17.1 Å². The van der Waals surface area contributed by atoms with E-state index in [-0.39, 0.29) is 23.6 Å². The van der Waals surface area contributed by atoms with Crippen LogP contribution in [0.15, 0.2) is 85.2 Å². The molecule has 166 valence electrons. The topological polar surface area (TPSA) is 100 Å². The maximum Gasteiger partial charge on any atom is 0.257 e. The quantitative estimate of drug-likeness (QED) is 0.456. The van der Waals surface area contributed by atoms with Crippen molar-refractivity contribution in [1.82, 2.24) is 4.98 Å².